The van der Waals surface area contributed by atoms with Gasteiger partial charge in [0.1, 0.15) is 18.2 Å². The lowest BCUT2D eigenvalue weighted by atomic mass is 10.1. The molecule has 0 unspecified atom stereocenters. The minimum absolute atomic E-state index is 0.100. The Bertz CT molecular complexity index is 1080. The molecule has 174 valence electrons. The molecule has 7 heteroatoms. The van der Waals surface area contributed by atoms with Gasteiger partial charge >= 0.3 is 0 Å². The van der Waals surface area contributed by atoms with Gasteiger partial charge in [-0.05, 0) is 74.4 Å². The maximum atomic E-state index is 13.4. The molecule has 0 N–H and O–H groups in total. The molecule has 0 aliphatic heterocycles. The van der Waals surface area contributed by atoms with Crippen LogP contribution in [0.5, 0.6) is 0 Å². The number of benzene rings is 2. The Morgan fingerprint density at radius 2 is 1.52 bits per heavy atom. The predicted octanol–water partition coefficient (Wildman–Crippen LogP) is 5.80. The molecule has 2 aromatic carbocycles. The smallest absolute Gasteiger partial charge is 0.254 e. The number of amides is 2. The molecule has 1 aromatic heterocycles. The van der Waals surface area contributed by atoms with E-state index >= 15 is 0 Å². The highest BCUT2D eigenvalue weighted by Crippen LogP contribution is 2.20. The van der Waals surface area contributed by atoms with E-state index in [0.29, 0.717) is 25.1 Å². The van der Waals surface area contributed by atoms with Crippen molar-refractivity contribution >= 4 is 23.2 Å². The fraction of sp³-hybridized carbons (Fsp3) is 0.308. The van der Waals surface area contributed by atoms with Gasteiger partial charge in [0, 0.05) is 27.9 Å². The van der Waals surface area contributed by atoms with Gasteiger partial charge in [-0.25, -0.2) is 8.78 Å². The van der Waals surface area contributed by atoms with Crippen molar-refractivity contribution in [2.45, 2.75) is 46.3 Å². The molecule has 0 aliphatic carbocycles. The van der Waals surface area contributed by atoms with E-state index in [9.17, 15) is 18.4 Å². The fourth-order valence-electron chi connectivity index (χ4n) is 3.45. The van der Waals surface area contributed by atoms with E-state index in [0.717, 1.165) is 15.3 Å². The Morgan fingerprint density at radius 1 is 0.909 bits per heavy atom. The standard InChI is InChI=1S/C26H28F2N2O2S/c1-4-18(2)30(26(32)21-8-12-23(28)13-9-21)17-25(31)29(16-24-14-5-19(3)33-24)15-20-6-10-22(27)11-7-20/h5-14,18H,4,15-17H2,1-3H3/t18-/m0/s1. The molecule has 3 rings (SSSR count). The lowest BCUT2D eigenvalue weighted by Crippen LogP contribution is -2.46. The summed E-state index contributed by atoms with van der Waals surface area (Å²) in [7, 11) is 0. The van der Waals surface area contributed by atoms with Crippen LogP contribution in [0.1, 0.15) is 45.9 Å². The summed E-state index contributed by atoms with van der Waals surface area (Å²) >= 11 is 1.61. The van der Waals surface area contributed by atoms with Crippen molar-refractivity contribution in [3.8, 4) is 0 Å². The summed E-state index contributed by atoms with van der Waals surface area (Å²) in [4.78, 5) is 32.0. The van der Waals surface area contributed by atoms with Crippen LogP contribution >= 0.6 is 11.3 Å². The van der Waals surface area contributed by atoms with Crippen LogP contribution in [-0.2, 0) is 17.9 Å². The first-order valence-electron chi connectivity index (χ1n) is 10.9. The first-order valence-corrected chi connectivity index (χ1v) is 11.7. The van der Waals surface area contributed by atoms with Crippen molar-refractivity contribution in [1.29, 1.82) is 0 Å². The number of hydrogen-bond acceptors (Lipinski definition) is 3. The number of carbonyl (C=O) groups is 2. The van der Waals surface area contributed by atoms with E-state index in [1.54, 1.807) is 28.4 Å². The second-order valence-electron chi connectivity index (χ2n) is 8.09. The van der Waals surface area contributed by atoms with Crippen LogP contribution in [0.15, 0.2) is 60.7 Å². The zero-order valence-corrected chi connectivity index (χ0v) is 19.9. The Balaban J connectivity index is 1.83. The number of rotatable bonds is 9. The first kappa shape index (κ1) is 24.6. The minimum atomic E-state index is -0.422. The average molecular weight is 471 g/mol. The van der Waals surface area contributed by atoms with Crippen LogP contribution in [-0.4, -0.2) is 34.2 Å². The molecule has 0 saturated carbocycles. The monoisotopic (exact) mass is 470 g/mol. The van der Waals surface area contributed by atoms with Gasteiger partial charge in [-0.1, -0.05) is 19.1 Å². The maximum Gasteiger partial charge on any atom is 0.254 e. The molecule has 2 amide bonds. The van der Waals surface area contributed by atoms with E-state index in [1.165, 1.54) is 41.3 Å². The molecule has 0 saturated heterocycles. The van der Waals surface area contributed by atoms with Crippen molar-refractivity contribution in [2.24, 2.45) is 0 Å². The van der Waals surface area contributed by atoms with Crippen LogP contribution in [0.25, 0.3) is 0 Å². The summed E-state index contributed by atoms with van der Waals surface area (Å²) < 4.78 is 26.7. The second-order valence-corrected chi connectivity index (χ2v) is 9.46. The number of aryl methyl sites for hydroxylation is 1. The first-order chi connectivity index (χ1) is 15.8. The number of halogens is 2. The highest BCUT2D eigenvalue weighted by Gasteiger charge is 2.26. The lowest BCUT2D eigenvalue weighted by Gasteiger charge is -2.31. The van der Waals surface area contributed by atoms with Gasteiger partial charge in [0.05, 0.1) is 6.54 Å². The third kappa shape index (κ3) is 6.71. The number of carbonyl (C=O) groups excluding carboxylic acids is 2. The molecule has 3 aromatic rings. The molecule has 4 nitrogen and oxygen atoms in total. The van der Waals surface area contributed by atoms with Crippen molar-refractivity contribution in [3.63, 3.8) is 0 Å². The Morgan fingerprint density at radius 3 is 2.06 bits per heavy atom. The summed E-state index contributed by atoms with van der Waals surface area (Å²) in [5.74, 6) is -1.28. The van der Waals surface area contributed by atoms with Gasteiger partial charge in [0.25, 0.3) is 5.91 Å². The quantitative estimate of drug-likeness (QED) is 0.396. The molecule has 33 heavy (non-hydrogen) atoms. The largest absolute Gasteiger partial charge is 0.332 e. The van der Waals surface area contributed by atoms with Gasteiger partial charge in [0.2, 0.25) is 5.91 Å². The van der Waals surface area contributed by atoms with E-state index in [-0.39, 0.29) is 30.2 Å². The van der Waals surface area contributed by atoms with Gasteiger partial charge in [-0.2, -0.15) is 0 Å². The summed E-state index contributed by atoms with van der Waals surface area (Å²) in [6.07, 6.45) is 0.669. The normalized spacial score (nSPS) is 11.8. The molecule has 1 heterocycles. The zero-order valence-electron chi connectivity index (χ0n) is 19.1. The summed E-state index contributed by atoms with van der Waals surface area (Å²) in [6, 6.07) is 15.2. The SMILES string of the molecule is CC[C@H](C)N(CC(=O)N(Cc1ccc(F)cc1)Cc1ccc(C)s1)C(=O)c1ccc(F)cc1. The van der Waals surface area contributed by atoms with Crippen LogP contribution in [0, 0.1) is 18.6 Å². The van der Waals surface area contributed by atoms with E-state index in [1.807, 2.05) is 32.9 Å². The van der Waals surface area contributed by atoms with Gasteiger partial charge in [0.15, 0.2) is 0 Å². The molecule has 0 aliphatic rings. The second kappa shape index (κ2) is 11.2. The molecule has 0 spiro atoms. The molecule has 0 radical (unpaired) electrons. The van der Waals surface area contributed by atoms with Crippen molar-refractivity contribution in [2.75, 3.05) is 6.54 Å². The van der Waals surface area contributed by atoms with Crippen molar-refractivity contribution < 1.29 is 18.4 Å². The van der Waals surface area contributed by atoms with Crippen molar-refractivity contribution in [1.82, 2.24) is 9.80 Å². The maximum absolute atomic E-state index is 13.4. The van der Waals surface area contributed by atoms with Gasteiger partial charge in [-0.3, -0.25) is 9.59 Å². The summed E-state index contributed by atoms with van der Waals surface area (Å²) in [5.41, 5.74) is 1.14. The molecule has 0 bridgehead atoms. The predicted molar refractivity (Wildman–Crippen MR) is 127 cm³/mol. The fourth-order valence-corrected chi connectivity index (χ4v) is 4.36. The van der Waals surface area contributed by atoms with Crippen LogP contribution in [0.2, 0.25) is 0 Å². The van der Waals surface area contributed by atoms with Gasteiger partial charge < -0.3 is 9.80 Å². The van der Waals surface area contributed by atoms with Crippen LogP contribution in [0.3, 0.4) is 0 Å². The summed E-state index contributed by atoms with van der Waals surface area (Å²) in [5, 5.41) is 0. The molecular weight excluding hydrogens is 442 g/mol. The van der Waals surface area contributed by atoms with Gasteiger partial charge in [-0.15, -0.1) is 11.3 Å². The van der Waals surface area contributed by atoms with Crippen molar-refractivity contribution in [3.05, 3.63) is 93.2 Å². The lowest BCUT2D eigenvalue weighted by molar-refractivity contribution is -0.133. The third-order valence-corrected chi connectivity index (χ3v) is 6.55. The Labute approximate surface area is 197 Å². The topological polar surface area (TPSA) is 40.6 Å². The number of nitrogens with zero attached hydrogens (tertiary/aromatic N) is 2. The highest BCUT2D eigenvalue weighted by atomic mass is 32.1. The third-order valence-electron chi connectivity index (χ3n) is 5.56. The number of hydrogen-bond donors (Lipinski definition) is 0. The van der Waals surface area contributed by atoms with E-state index in [2.05, 4.69) is 0 Å². The molecular formula is C26H28F2N2O2S. The Kier molecular flexibility index (Phi) is 8.33. The minimum Gasteiger partial charge on any atom is -0.332 e. The summed E-state index contributed by atoms with van der Waals surface area (Å²) in [6.45, 7) is 6.44. The van der Waals surface area contributed by atoms with Crippen LogP contribution < -0.4 is 0 Å². The highest BCUT2D eigenvalue weighted by molar-refractivity contribution is 7.11. The molecule has 0 fully saturated rings. The number of thiophene rings is 1. The Hall–Kier alpha value is -3.06. The van der Waals surface area contributed by atoms with E-state index in [4.69, 9.17) is 0 Å². The zero-order chi connectivity index (χ0) is 24.0. The average Bonchev–Trinajstić information content (AvgIpc) is 3.22. The molecule has 1 atom stereocenters. The van der Waals surface area contributed by atoms with E-state index < -0.39 is 5.82 Å². The van der Waals surface area contributed by atoms with Crippen LogP contribution in [0.4, 0.5) is 8.78 Å².